The standard InChI is InChI=1S/C19H32N2O3/c1-24-12-11-21-15-19(9-7-17(21)22)8-4-10-20(14-19)18(23)13-16-5-2-3-6-16/h16H,2-15H2,1H3. The number of nitrogens with zero attached hydrogens (tertiary/aromatic N) is 2. The van der Waals surface area contributed by atoms with Gasteiger partial charge in [-0.15, -0.1) is 0 Å². The van der Waals surface area contributed by atoms with Gasteiger partial charge in [-0.05, 0) is 38.0 Å². The summed E-state index contributed by atoms with van der Waals surface area (Å²) >= 11 is 0. The number of hydrogen-bond donors (Lipinski definition) is 0. The molecule has 1 aliphatic carbocycles. The van der Waals surface area contributed by atoms with E-state index in [0.717, 1.165) is 45.3 Å². The second-order valence-electron chi connectivity index (χ2n) is 8.08. The lowest BCUT2D eigenvalue weighted by Gasteiger charge is -2.48. The Balaban J connectivity index is 1.58. The first-order chi connectivity index (χ1) is 11.6. The van der Waals surface area contributed by atoms with E-state index < -0.39 is 0 Å². The van der Waals surface area contributed by atoms with Crippen LogP contribution in [0.2, 0.25) is 0 Å². The molecule has 3 rings (SSSR count). The van der Waals surface area contributed by atoms with Gasteiger partial charge in [0.1, 0.15) is 0 Å². The summed E-state index contributed by atoms with van der Waals surface area (Å²) in [5.74, 6) is 1.20. The van der Waals surface area contributed by atoms with Gasteiger partial charge in [0.15, 0.2) is 0 Å². The predicted molar refractivity (Wildman–Crippen MR) is 92.5 cm³/mol. The van der Waals surface area contributed by atoms with Gasteiger partial charge in [-0.25, -0.2) is 0 Å². The van der Waals surface area contributed by atoms with Crippen molar-refractivity contribution < 1.29 is 14.3 Å². The number of piperidine rings is 2. The van der Waals surface area contributed by atoms with Crippen LogP contribution in [-0.4, -0.2) is 61.5 Å². The first-order valence-electron chi connectivity index (χ1n) is 9.66. The zero-order valence-corrected chi connectivity index (χ0v) is 15.1. The van der Waals surface area contributed by atoms with Gasteiger partial charge in [0.2, 0.25) is 11.8 Å². The van der Waals surface area contributed by atoms with Gasteiger partial charge < -0.3 is 14.5 Å². The number of ether oxygens (including phenoxy) is 1. The summed E-state index contributed by atoms with van der Waals surface area (Å²) < 4.78 is 5.14. The zero-order chi connectivity index (χ0) is 17.0. The second kappa shape index (κ2) is 7.85. The molecule has 0 N–H and O–H groups in total. The van der Waals surface area contributed by atoms with Crippen LogP contribution in [0.15, 0.2) is 0 Å². The van der Waals surface area contributed by atoms with Crippen molar-refractivity contribution in [3.8, 4) is 0 Å². The largest absolute Gasteiger partial charge is 0.383 e. The summed E-state index contributed by atoms with van der Waals surface area (Å²) in [7, 11) is 1.67. The smallest absolute Gasteiger partial charge is 0.222 e. The Bertz CT molecular complexity index is 462. The van der Waals surface area contributed by atoms with E-state index in [2.05, 4.69) is 4.90 Å². The highest BCUT2D eigenvalue weighted by Gasteiger charge is 2.42. The van der Waals surface area contributed by atoms with Gasteiger partial charge in [0.05, 0.1) is 6.61 Å². The Morgan fingerprint density at radius 1 is 1.21 bits per heavy atom. The lowest BCUT2D eigenvalue weighted by Crippen LogP contribution is -2.55. The van der Waals surface area contributed by atoms with Crippen molar-refractivity contribution >= 4 is 11.8 Å². The zero-order valence-electron chi connectivity index (χ0n) is 15.1. The van der Waals surface area contributed by atoms with Crippen LogP contribution in [0.3, 0.4) is 0 Å². The van der Waals surface area contributed by atoms with Crippen molar-refractivity contribution in [2.24, 2.45) is 11.3 Å². The van der Waals surface area contributed by atoms with Crippen molar-refractivity contribution in [2.75, 3.05) is 39.9 Å². The van der Waals surface area contributed by atoms with Crippen LogP contribution in [0.5, 0.6) is 0 Å². The fraction of sp³-hybridized carbons (Fsp3) is 0.895. The summed E-state index contributed by atoms with van der Waals surface area (Å²) in [6, 6.07) is 0. The second-order valence-corrected chi connectivity index (χ2v) is 8.08. The average Bonchev–Trinajstić information content (AvgIpc) is 3.09. The van der Waals surface area contributed by atoms with E-state index in [9.17, 15) is 9.59 Å². The molecule has 1 saturated carbocycles. The van der Waals surface area contributed by atoms with Crippen LogP contribution in [0.25, 0.3) is 0 Å². The lowest BCUT2D eigenvalue weighted by molar-refractivity contribution is -0.144. The van der Waals surface area contributed by atoms with Crippen molar-refractivity contribution in [1.82, 2.24) is 9.80 Å². The van der Waals surface area contributed by atoms with Crippen molar-refractivity contribution in [1.29, 1.82) is 0 Å². The Labute approximate surface area is 145 Å². The average molecular weight is 336 g/mol. The Kier molecular flexibility index (Phi) is 5.80. The molecular formula is C19H32N2O3. The van der Waals surface area contributed by atoms with Gasteiger partial charge >= 0.3 is 0 Å². The fourth-order valence-electron chi connectivity index (χ4n) is 4.85. The number of carbonyl (C=O) groups is 2. The lowest BCUT2D eigenvalue weighted by atomic mass is 9.73. The summed E-state index contributed by atoms with van der Waals surface area (Å²) in [5.41, 5.74) is 0.116. The third kappa shape index (κ3) is 4.11. The van der Waals surface area contributed by atoms with Crippen LogP contribution < -0.4 is 0 Å². The molecule has 2 amide bonds. The number of hydrogen-bond acceptors (Lipinski definition) is 3. The van der Waals surface area contributed by atoms with Gasteiger partial charge in [-0.1, -0.05) is 12.8 Å². The summed E-state index contributed by atoms with van der Waals surface area (Å²) in [6.07, 6.45) is 9.53. The highest BCUT2D eigenvalue weighted by molar-refractivity contribution is 5.78. The van der Waals surface area contributed by atoms with E-state index in [0.29, 0.717) is 31.4 Å². The van der Waals surface area contributed by atoms with Gasteiger partial charge in [0.25, 0.3) is 0 Å². The molecule has 5 heteroatoms. The Morgan fingerprint density at radius 2 is 2.00 bits per heavy atom. The van der Waals surface area contributed by atoms with Crippen LogP contribution in [0.1, 0.15) is 57.8 Å². The molecule has 0 radical (unpaired) electrons. The molecule has 3 fully saturated rings. The van der Waals surface area contributed by atoms with Gasteiger partial charge in [-0.3, -0.25) is 9.59 Å². The Hall–Kier alpha value is -1.10. The fourth-order valence-corrected chi connectivity index (χ4v) is 4.85. The van der Waals surface area contributed by atoms with Crippen molar-refractivity contribution in [3.63, 3.8) is 0 Å². The minimum atomic E-state index is 0.116. The van der Waals surface area contributed by atoms with Crippen LogP contribution in [-0.2, 0) is 14.3 Å². The SMILES string of the molecule is COCCN1CC2(CCCN(C(=O)CC3CCCC3)C2)CCC1=O. The van der Waals surface area contributed by atoms with Crippen LogP contribution in [0, 0.1) is 11.3 Å². The highest BCUT2D eigenvalue weighted by Crippen LogP contribution is 2.39. The number of amides is 2. The monoisotopic (exact) mass is 336 g/mol. The maximum Gasteiger partial charge on any atom is 0.222 e. The first kappa shape index (κ1) is 17.7. The maximum atomic E-state index is 12.7. The Morgan fingerprint density at radius 3 is 2.75 bits per heavy atom. The molecule has 2 aliphatic heterocycles. The summed E-state index contributed by atoms with van der Waals surface area (Å²) in [4.78, 5) is 28.9. The quantitative estimate of drug-likeness (QED) is 0.775. The minimum Gasteiger partial charge on any atom is -0.383 e. The molecule has 2 saturated heterocycles. The molecule has 2 heterocycles. The summed E-state index contributed by atoms with van der Waals surface area (Å²) in [5, 5.41) is 0. The molecular weight excluding hydrogens is 304 g/mol. The molecule has 1 unspecified atom stereocenters. The highest BCUT2D eigenvalue weighted by atomic mass is 16.5. The topological polar surface area (TPSA) is 49.9 Å². The van der Waals surface area contributed by atoms with Crippen molar-refractivity contribution in [3.05, 3.63) is 0 Å². The predicted octanol–water partition coefficient (Wildman–Crippen LogP) is 2.44. The molecule has 136 valence electrons. The van der Waals surface area contributed by atoms with E-state index >= 15 is 0 Å². The number of likely N-dealkylation sites (tertiary alicyclic amines) is 2. The van der Waals surface area contributed by atoms with E-state index in [1.807, 2.05) is 4.90 Å². The molecule has 3 aliphatic rings. The first-order valence-corrected chi connectivity index (χ1v) is 9.66. The third-order valence-electron chi connectivity index (χ3n) is 6.27. The summed E-state index contributed by atoms with van der Waals surface area (Å²) in [6.45, 7) is 3.80. The number of rotatable bonds is 5. The van der Waals surface area contributed by atoms with Crippen LogP contribution in [0.4, 0.5) is 0 Å². The van der Waals surface area contributed by atoms with Crippen LogP contribution >= 0.6 is 0 Å². The minimum absolute atomic E-state index is 0.116. The molecule has 0 aromatic carbocycles. The third-order valence-corrected chi connectivity index (χ3v) is 6.27. The van der Waals surface area contributed by atoms with E-state index in [1.54, 1.807) is 7.11 Å². The maximum absolute atomic E-state index is 12.7. The van der Waals surface area contributed by atoms with Gasteiger partial charge in [0, 0.05) is 51.5 Å². The molecule has 0 aromatic heterocycles. The molecule has 1 atom stereocenters. The molecule has 5 nitrogen and oxygen atoms in total. The van der Waals surface area contributed by atoms with Crippen molar-refractivity contribution in [2.45, 2.75) is 57.8 Å². The molecule has 0 bridgehead atoms. The van der Waals surface area contributed by atoms with E-state index in [4.69, 9.17) is 4.74 Å². The number of carbonyl (C=O) groups excluding carboxylic acids is 2. The van der Waals surface area contributed by atoms with E-state index in [-0.39, 0.29) is 11.3 Å². The van der Waals surface area contributed by atoms with E-state index in [1.165, 1.54) is 25.7 Å². The molecule has 0 aromatic rings. The normalized spacial score (nSPS) is 28.8. The molecule has 1 spiro atoms. The number of methoxy groups -OCH3 is 1. The van der Waals surface area contributed by atoms with Gasteiger partial charge in [-0.2, -0.15) is 0 Å². The molecule has 24 heavy (non-hydrogen) atoms.